The van der Waals surface area contributed by atoms with Crippen molar-refractivity contribution in [2.45, 2.75) is 13.3 Å². The van der Waals surface area contributed by atoms with Crippen LogP contribution in [0.4, 0.5) is 4.39 Å². The topological polar surface area (TPSA) is 37.3 Å². The van der Waals surface area contributed by atoms with Crippen LogP contribution in [0.5, 0.6) is 0 Å². The molecule has 78 valence electrons. The quantitative estimate of drug-likeness (QED) is 0.748. The Morgan fingerprint density at radius 3 is 2.87 bits per heavy atom. The zero-order valence-electron chi connectivity index (χ0n) is 7.97. The van der Waals surface area contributed by atoms with E-state index < -0.39 is 11.8 Å². The Balaban J connectivity index is 2.98. The van der Waals surface area contributed by atoms with Crippen LogP contribution in [0.1, 0.15) is 17.5 Å². The van der Waals surface area contributed by atoms with E-state index in [4.69, 9.17) is 16.7 Å². The van der Waals surface area contributed by atoms with Crippen molar-refractivity contribution in [3.8, 4) is 11.8 Å². The lowest BCUT2D eigenvalue weighted by Crippen LogP contribution is -1.91. The monoisotopic (exact) mass is 226 g/mol. The molecule has 0 saturated heterocycles. The van der Waals surface area contributed by atoms with Gasteiger partial charge in [0.05, 0.1) is 5.56 Å². The van der Waals surface area contributed by atoms with Gasteiger partial charge in [-0.2, -0.15) is 0 Å². The molecule has 0 radical (unpaired) electrons. The van der Waals surface area contributed by atoms with E-state index in [-0.39, 0.29) is 12.0 Å². The molecule has 0 heterocycles. The zero-order valence-corrected chi connectivity index (χ0v) is 8.73. The van der Waals surface area contributed by atoms with E-state index >= 15 is 0 Å². The molecular formula is C11H8ClFO2. The maximum atomic E-state index is 13.2. The lowest BCUT2D eigenvalue weighted by molar-refractivity contribution is -0.135. The fraction of sp³-hybridized carbons (Fsp3) is 0.182. The van der Waals surface area contributed by atoms with Gasteiger partial charge in [-0.1, -0.05) is 23.4 Å². The predicted molar refractivity (Wildman–Crippen MR) is 55.3 cm³/mol. The van der Waals surface area contributed by atoms with Crippen molar-refractivity contribution in [2.75, 3.05) is 0 Å². The summed E-state index contributed by atoms with van der Waals surface area (Å²) in [5.74, 6) is 3.23. The van der Waals surface area contributed by atoms with Gasteiger partial charge in [0.1, 0.15) is 12.2 Å². The van der Waals surface area contributed by atoms with Crippen molar-refractivity contribution in [1.82, 2.24) is 0 Å². The molecule has 15 heavy (non-hydrogen) atoms. The first kappa shape index (κ1) is 11.5. The van der Waals surface area contributed by atoms with Crippen LogP contribution in [0.25, 0.3) is 0 Å². The second-order valence-electron chi connectivity index (χ2n) is 2.95. The molecule has 0 bridgehead atoms. The number of carboxylic acids is 1. The Kier molecular flexibility index (Phi) is 3.70. The van der Waals surface area contributed by atoms with Crippen LogP contribution in [-0.2, 0) is 4.79 Å². The minimum atomic E-state index is -1.04. The van der Waals surface area contributed by atoms with E-state index in [1.165, 1.54) is 12.1 Å². The van der Waals surface area contributed by atoms with E-state index in [0.29, 0.717) is 10.6 Å². The van der Waals surface area contributed by atoms with Gasteiger partial charge in [0.15, 0.2) is 0 Å². The maximum Gasteiger partial charge on any atom is 0.315 e. The summed E-state index contributed by atoms with van der Waals surface area (Å²) in [5, 5.41) is 8.75. The largest absolute Gasteiger partial charge is 0.481 e. The number of carboxylic acid groups (broad SMARTS) is 1. The van der Waals surface area contributed by atoms with Gasteiger partial charge < -0.3 is 5.11 Å². The Labute approximate surface area is 91.7 Å². The van der Waals surface area contributed by atoms with Crippen molar-refractivity contribution < 1.29 is 14.3 Å². The maximum absolute atomic E-state index is 13.2. The summed E-state index contributed by atoms with van der Waals surface area (Å²) in [4.78, 5) is 10.2. The first-order chi connectivity index (χ1) is 7.00. The number of halogens is 2. The number of hydrogen-bond donors (Lipinski definition) is 1. The van der Waals surface area contributed by atoms with Crippen molar-refractivity contribution in [3.05, 3.63) is 34.1 Å². The van der Waals surface area contributed by atoms with Crippen LogP contribution in [-0.4, -0.2) is 11.1 Å². The summed E-state index contributed by atoms with van der Waals surface area (Å²) < 4.78 is 13.2. The fourth-order valence-corrected chi connectivity index (χ4v) is 1.12. The molecule has 2 nitrogen and oxygen atoms in total. The van der Waals surface area contributed by atoms with Gasteiger partial charge in [0, 0.05) is 5.02 Å². The number of benzene rings is 1. The molecule has 1 rings (SSSR count). The highest BCUT2D eigenvalue weighted by atomic mass is 35.5. The van der Waals surface area contributed by atoms with Gasteiger partial charge >= 0.3 is 5.97 Å². The average molecular weight is 227 g/mol. The number of aliphatic carboxylic acids is 1. The number of carbonyl (C=O) groups is 1. The van der Waals surface area contributed by atoms with Gasteiger partial charge in [0.25, 0.3) is 0 Å². The standard InChI is InChI=1S/C11H8ClFO2/c1-7-5-10(13)8(6-9(7)12)3-2-4-11(14)15/h5-6H,4H2,1H3,(H,14,15). The van der Waals surface area contributed by atoms with Crippen LogP contribution in [0.15, 0.2) is 12.1 Å². The smallest absolute Gasteiger partial charge is 0.315 e. The molecule has 0 unspecified atom stereocenters. The second kappa shape index (κ2) is 4.81. The van der Waals surface area contributed by atoms with E-state index in [1.807, 2.05) is 0 Å². The number of aryl methyl sites for hydroxylation is 1. The molecule has 0 spiro atoms. The molecular weight excluding hydrogens is 219 g/mol. The van der Waals surface area contributed by atoms with Crippen molar-refractivity contribution >= 4 is 17.6 Å². The number of rotatable bonds is 1. The molecule has 0 saturated carbocycles. The highest BCUT2D eigenvalue weighted by molar-refractivity contribution is 6.31. The molecule has 4 heteroatoms. The van der Waals surface area contributed by atoms with E-state index in [9.17, 15) is 9.18 Å². The SMILES string of the molecule is Cc1cc(F)c(C#CCC(=O)O)cc1Cl. The highest BCUT2D eigenvalue weighted by Gasteiger charge is 2.03. The molecule has 0 amide bonds. The van der Waals surface area contributed by atoms with Crippen molar-refractivity contribution in [1.29, 1.82) is 0 Å². The van der Waals surface area contributed by atoms with Crippen LogP contribution >= 0.6 is 11.6 Å². The lowest BCUT2D eigenvalue weighted by atomic mass is 10.1. The summed E-state index contributed by atoms with van der Waals surface area (Å²) >= 11 is 5.78. The Morgan fingerprint density at radius 2 is 2.27 bits per heavy atom. The number of hydrogen-bond acceptors (Lipinski definition) is 1. The third-order valence-electron chi connectivity index (χ3n) is 1.71. The molecule has 1 N–H and O–H groups in total. The van der Waals surface area contributed by atoms with Gasteiger partial charge in [-0.3, -0.25) is 4.79 Å². The van der Waals surface area contributed by atoms with Gasteiger partial charge in [-0.05, 0) is 24.6 Å². The normalized spacial score (nSPS) is 9.27. The molecule has 0 atom stereocenters. The first-order valence-electron chi connectivity index (χ1n) is 4.17. The van der Waals surface area contributed by atoms with Gasteiger partial charge in [0.2, 0.25) is 0 Å². The van der Waals surface area contributed by atoms with E-state index in [0.717, 1.165) is 0 Å². The molecule has 1 aromatic rings. The van der Waals surface area contributed by atoms with Crippen molar-refractivity contribution in [3.63, 3.8) is 0 Å². The summed E-state index contributed by atoms with van der Waals surface area (Å²) in [6.45, 7) is 1.68. The molecule has 0 aliphatic carbocycles. The fourth-order valence-electron chi connectivity index (χ4n) is 0.957. The predicted octanol–water partition coefficient (Wildman–Crippen LogP) is 2.61. The third-order valence-corrected chi connectivity index (χ3v) is 2.12. The van der Waals surface area contributed by atoms with Crippen LogP contribution in [0, 0.1) is 24.6 Å². The Hall–Kier alpha value is -1.53. The minimum Gasteiger partial charge on any atom is -0.481 e. The summed E-state index contributed by atoms with van der Waals surface area (Å²) in [7, 11) is 0. The molecule has 0 aliphatic rings. The van der Waals surface area contributed by atoms with Gasteiger partial charge in [-0.15, -0.1) is 0 Å². The molecule has 1 aromatic carbocycles. The lowest BCUT2D eigenvalue weighted by Gasteiger charge is -1.99. The minimum absolute atomic E-state index is 0.117. The van der Waals surface area contributed by atoms with E-state index in [2.05, 4.69) is 11.8 Å². The zero-order chi connectivity index (χ0) is 11.4. The molecule has 0 aliphatic heterocycles. The Bertz CT molecular complexity index is 458. The first-order valence-corrected chi connectivity index (χ1v) is 4.55. The molecule has 0 fully saturated rings. The second-order valence-corrected chi connectivity index (χ2v) is 3.36. The third kappa shape index (κ3) is 3.26. The highest BCUT2D eigenvalue weighted by Crippen LogP contribution is 2.19. The van der Waals surface area contributed by atoms with Crippen LogP contribution in [0.3, 0.4) is 0 Å². The van der Waals surface area contributed by atoms with Gasteiger partial charge in [-0.25, -0.2) is 4.39 Å². The average Bonchev–Trinajstić information content (AvgIpc) is 2.13. The Morgan fingerprint density at radius 1 is 1.60 bits per heavy atom. The summed E-state index contributed by atoms with van der Waals surface area (Å²) in [6, 6.07) is 2.66. The summed E-state index contributed by atoms with van der Waals surface area (Å²) in [5.41, 5.74) is 0.741. The van der Waals surface area contributed by atoms with Crippen LogP contribution in [0.2, 0.25) is 5.02 Å². The van der Waals surface area contributed by atoms with Crippen molar-refractivity contribution in [2.24, 2.45) is 0 Å². The summed E-state index contributed by atoms with van der Waals surface area (Å²) in [6.07, 6.45) is -0.315. The van der Waals surface area contributed by atoms with Crippen LogP contribution < -0.4 is 0 Å². The molecule has 0 aromatic heterocycles. The van der Waals surface area contributed by atoms with E-state index in [1.54, 1.807) is 6.92 Å².